The summed E-state index contributed by atoms with van der Waals surface area (Å²) in [6.45, 7) is 2.59. The Morgan fingerprint density at radius 1 is 1.47 bits per heavy atom. The fourth-order valence-corrected chi connectivity index (χ4v) is 1.63. The van der Waals surface area contributed by atoms with Crippen molar-refractivity contribution in [3.05, 3.63) is 28.6 Å². The lowest BCUT2D eigenvalue weighted by Gasteiger charge is -1.93. The highest BCUT2D eigenvalue weighted by atomic mass is 35.5. The number of aryl methyl sites for hydroxylation is 1. The molecule has 0 N–H and O–H groups in total. The van der Waals surface area contributed by atoms with Gasteiger partial charge in [0.1, 0.15) is 5.52 Å². The Kier molecular flexibility index (Phi) is 2.93. The third-order valence-electron chi connectivity index (χ3n) is 2.26. The van der Waals surface area contributed by atoms with E-state index in [0.717, 1.165) is 11.1 Å². The number of nitrogens with zero attached hydrogens (tertiary/aromatic N) is 1. The molecule has 0 aliphatic rings. The van der Waals surface area contributed by atoms with E-state index in [1.54, 1.807) is 7.11 Å². The second-order valence-corrected chi connectivity index (χ2v) is 3.80. The maximum atomic E-state index is 6.01. The van der Waals surface area contributed by atoms with E-state index >= 15 is 0 Å². The molecular formula is C11H12ClNO2. The molecule has 0 saturated carbocycles. The molecule has 0 aliphatic carbocycles. The van der Waals surface area contributed by atoms with Gasteiger partial charge in [0.05, 0.1) is 11.6 Å². The van der Waals surface area contributed by atoms with Crippen LogP contribution in [0.2, 0.25) is 5.02 Å². The van der Waals surface area contributed by atoms with E-state index in [4.69, 9.17) is 20.8 Å². The van der Waals surface area contributed by atoms with Crippen LogP contribution in [0.3, 0.4) is 0 Å². The Morgan fingerprint density at radius 2 is 2.27 bits per heavy atom. The third kappa shape index (κ3) is 1.98. The smallest absolute Gasteiger partial charge is 0.197 e. The van der Waals surface area contributed by atoms with Gasteiger partial charge in [-0.05, 0) is 18.6 Å². The SMILES string of the molecule is COCCc1nc2c(C)ccc(Cl)c2o1. The molecule has 1 aromatic heterocycles. The van der Waals surface area contributed by atoms with Gasteiger partial charge in [-0.15, -0.1) is 0 Å². The first-order valence-electron chi connectivity index (χ1n) is 4.76. The van der Waals surface area contributed by atoms with Crippen LogP contribution in [0.25, 0.3) is 11.1 Å². The summed E-state index contributed by atoms with van der Waals surface area (Å²) in [5.74, 6) is 0.669. The van der Waals surface area contributed by atoms with E-state index in [1.165, 1.54) is 0 Å². The molecule has 3 nitrogen and oxygen atoms in total. The van der Waals surface area contributed by atoms with E-state index in [-0.39, 0.29) is 0 Å². The van der Waals surface area contributed by atoms with Crippen molar-refractivity contribution >= 4 is 22.7 Å². The van der Waals surface area contributed by atoms with Crippen molar-refractivity contribution in [1.29, 1.82) is 0 Å². The molecule has 0 fully saturated rings. The minimum Gasteiger partial charge on any atom is -0.439 e. The van der Waals surface area contributed by atoms with Gasteiger partial charge in [0.2, 0.25) is 0 Å². The molecule has 2 rings (SSSR count). The highest BCUT2D eigenvalue weighted by molar-refractivity contribution is 6.34. The van der Waals surface area contributed by atoms with Crippen LogP contribution in [-0.4, -0.2) is 18.7 Å². The van der Waals surface area contributed by atoms with Gasteiger partial charge in [-0.2, -0.15) is 0 Å². The van der Waals surface area contributed by atoms with E-state index in [9.17, 15) is 0 Å². The lowest BCUT2D eigenvalue weighted by Crippen LogP contribution is -1.93. The van der Waals surface area contributed by atoms with E-state index < -0.39 is 0 Å². The average molecular weight is 226 g/mol. The Hall–Kier alpha value is -1.06. The molecule has 0 unspecified atom stereocenters. The fraction of sp³-hybridized carbons (Fsp3) is 0.364. The maximum Gasteiger partial charge on any atom is 0.197 e. The minimum absolute atomic E-state index is 0.601. The van der Waals surface area contributed by atoms with E-state index in [2.05, 4.69) is 4.98 Å². The topological polar surface area (TPSA) is 35.3 Å². The molecule has 0 saturated heterocycles. The number of hydrogen-bond acceptors (Lipinski definition) is 3. The molecular weight excluding hydrogens is 214 g/mol. The van der Waals surface area contributed by atoms with Gasteiger partial charge in [-0.25, -0.2) is 4.98 Å². The third-order valence-corrected chi connectivity index (χ3v) is 2.56. The molecule has 0 radical (unpaired) electrons. The normalized spacial score (nSPS) is 11.1. The van der Waals surface area contributed by atoms with Crippen LogP contribution in [0, 0.1) is 6.92 Å². The molecule has 0 aliphatic heterocycles. The van der Waals surface area contributed by atoms with Crippen molar-refractivity contribution in [2.24, 2.45) is 0 Å². The number of halogens is 1. The van der Waals surface area contributed by atoms with Crippen molar-refractivity contribution in [1.82, 2.24) is 4.98 Å². The predicted molar refractivity (Wildman–Crippen MR) is 59.3 cm³/mol. The van der Waals surface area contributed by atoms with Crippen molar-refractivity contribution in [3.8, 4) is 0 Å². The Morgan fingerprint density at radius 3 is 2.93 bits per heavy atom. The standard InChI is InChI=1S/C11H12ClNO2/c1-7-3-4-8(12)11-10(7)13-9(15-11)5-6-14-2/h3-4H,5-6H2,1-2H3. The van der Waals surface area contributed by atoms with E-state index in [0.29, 0.717) is 29.5 Å². The van der Waals surface area contributed by atoms with Gasteiger partial charge in [-0.1, -0.05) is 17.7 Å². The summed E-state index contributed by atoms with van der Waals surface area (Å²) in [4.78, 5) is 4.38. The summed E-state index contributed by atoms with van der Waals surface area (Å²) < 4.78 is 10.5. The lowest BCUT2D eigenvalue weighted by molar-refractivity contribution is 0.196. The van der Waals surface area contributed by atoms with Crippen LogP contribution in [-0.2, 0) is 11.2 Å². The Bertz CT molecular complexity index is 440. The quantitative estimate of drug-likeness (QED) is 0.806. The minimum atomic E-state index is 0.601. The van der Waals surface area contributed by atoms with E-state index in [1.807, 2.05) is 19.1 Å². The first-order valence-corrected chi connectivity index (χ1v) is 5.13. The second kappa shape index (κ2) is 4.21. The zero-order valence-corrected chi connectivity index (χ0v) is 9.47. The number of rotatable bonds is 3. The number of benzene rings is 1. The Labute approximate surface area is 93.0 Å². The summed E-state index contributed by atoms with van der Waals surface area (Å²) in [6.07, 6.45) is 0.668. The number of hydrogen-bond donors (Lipinski definition) is 0. The first-order chi connectivity index (χ1) is 7.22. The van der Waals surface area contributed by atoms with Crippen LogP contribution in [0.1, 0.15) is 11.5 Å². The fourth-order valence-electron chi connectivity index (χ4n) is 1.44. The molecule has 0 bridgehead atoms. The monoisotopic (exact) mass is 225 g/mol. The van der Waals surface area contributed by atoms with Crippen LogP contribution >= 0.6 is 11.6 Å². The molecule has 4 heteroatoms. The molecule has 2 aromatic rings. The van der Waals surface area contributed by atoms with Crippen molar-refractivity contribution in [2.75, 3.05) is 13.7 Å². The molecule has 0 spiro atoms. The summed E-state index contributed by atoms with van der Waals surface area (Å²) in [5, 5.41) is 0.603. The number of methoxy groups -OCH3 is 1. The summed E-state index contributed by atoms with van der Waals surface area (Å²) in [7, 11) is 1.65. The summed E-state index contributed by atoms with van der Waals surface area (Å²) in [6, 6.07) is 3.76. The molecule has 15 heavy (non-hydrogen) atoms. The first kappa shape index (κ1) is 10.5. The zero-order chi connectivity index (χ0) is 10.8. The highest BCUT2D eigenvalue weighted by Gasteiger charge is 2.10. The van der Waals surface area contributed by atoms with Crippen LogP contribution < -0.4 is 0 Å². The maximum absolute atomic E-state index is 6.01. The lowest BCUT2D eigenvalue weighted by atomic mass is 10.2. The highest BCUT2D eigenvalue weighted by Crippen LogP contribution is 2.26. The van der Waals surface area contributed by atoms with Gasteiger partial charge in [0.25, 0.3) is 0 Å². The van der Waals surface area contributed by atoms with Crippen molar-refractivity contribution < 1.29 is 9.15 Å². The molecule has 1 aromatic carbocycles. The zero-order valence-electron chi connectivity index (χ0n) is 8.71. The van der Waals surface area contributed by atoms with Gasteiger partial charge in [0, 0.05) is 13.5 Å². The van der Waals surface area contributed by atoms with Crippen LogP contribution in [0.5, 0.6) is 0 Å². The van der Waals surface area contributed by atoms with Gasteiger partial charge in [0.15, 0.2) is 11.5 Å². The van der Waals surface area contributed by atoms with Crippen LogP contribution in [0.4, 0.5) is 0 Å². The molecule has 1 heterocycles. The molecule has 80 valence electrons. The largest absolute Gasteiger partial charge is 0.439 e. The number of ether oxygens (including phenoxy) is 1. The van der Waals surface area contributed by atoms with Crippen molar-refractivity contribution in [3.63, 3.8) is 0 Å². The summed E-state index contributed by atoms with van der Waals surface area (Å²) >= 11 is 6.01. The average Bonchev–Trinajstić information content (AvgIpc) is 2.66. The number of oxazole rings is 1. The van der Waals surface area contributed by atoms with Gasteiger partial charge < -0.3 is 9.15 Å². The van der Waals surface area contributed by atoms with Gasteiger partial charge >= 0.3 is 0 Å². The second-order valence-electron chi connectivity index (χ2n) is 3.39. The van der Waals surface area contributed by atoms with Crippen LogP contribution in [0.15, 0.2) is 16.5 Å². The summed E-state index contributed by atoms with van der Waals surface area (Å²) in [5.41, 5.74) is 2.58. The van der Waals surface area contributed by atoms with Gasteiger partial charge in [-0.3, -0.25) is 0 Å². The number of fused-ring (bicyclic) bond motifs is 1. The predicted octanol–water partition coefficient (Wildman–Crippen LogP) is 2.98. The molecule has 0 amide bonds. The molecule has 0 atom stereocenters. The van der Waals surface area contributed by atoms with Crippen molar-refractivity contribution in [2.45, 2.75) is 13.3 Å². The Balaban J connectivity index is 2.45. The number of aromatic nitrogens is 1.